The Kier molecular flexibility index (Phi) is 11.7. The highest BCUT2D eigenvalue weighted by molar-refractivity contribution is 5.74. The van der Waals surface area contributed by atoms with E-state index in [9.17, 15) is 97.0 Å². The maximum atomic E-state index is 13.1. The minimum atomic E-state index is -2.44. The lowest BCUT2D eigenvalue weighted by Gasteiger charge is -2.51. The Morgan fingerprint density at radius 3 is 1.24 bits per heavy atom. The van der Waals surface area contributed by atoms with Crippen LogP contribution in [0.1, 0.15) is 97.3 Å². The number of aliphatic hydroxyl groups is 4. The van der Waals surface area contributed by atoms with Crippen LogP contribution >= 0.6 is 0 Å². The van der Waals surface area contributed by atoms with E-state index in [2.05, 4.69) is 0 Å². The summed E-state index contributed by atoms with van der Waals surface area (Å²) in [5.74, 6) is -20.1. The van der Waals surface area contributed by atoms with Gasteiger partial charge in [-0.25, -0.2) is 0 Å². The fourth-order valence-electron chi connectivity index (χ4n) is 12.6. The van der Waals surface area contributed by atoms with E-state index in [-0.39, 0.29) is 56.2 Å². The van der Waals surface area contributed by atoms with Crippen LogP contribution in [-0.4, -0.2) is 121 Å². The van der Waals surface area contributed by atoms with Gasteiger partial charge in [0.2, 0.25) is 0 Å². The van der Waals surface area contributed by atoms with Crippen LogP contribution in [0.2, 0.25) is 0 Å². The topological polar surface area (TPSA) is 431 Å². The molecular formula is C60H48O24. The Labute approximate surface area is 471 Å². The largest absolute Gasteiger partial charge is 0.508 e. The molecule has 0 saturated heterocycles. The number of fused-ring (bicyclic) bond motifs is 10. The molecule has 11 atom stereocenters. The number of aliphatic hydroxyl groups excluding tert-OH is 4. The highest BCUT2D eigenvalue weighted by atomic mass is 16.7. The van der Waals surface area contributed by atoms with Gasteiger partial charge in [-0.3, -0.25) is 0 Å². The Bertz CT molecular complexity index is 4110. The zero-order chi connectivity index (χ0) is 59.4. The quantitative estimate of drug-likeness (QED) is 0.0889. The molecule has 0 aromatic heterocycles. The van der Waals surface area contributed by atoms with Gasteiger partial charge in [-0.2, -0.15) is 0 Å². The molecule has 0 fully saturated rings. The van der Waals surface area contributed by atoms with Gasteiger partial charge in [-0.15, -0.1) is 0 Å². The molecule has 0 radical (unpaired) electrons. The molecule has 84 heavy (non-hydrogen) atoms. The van der Waals surface area contributed by atoms with E-state index >= 15 is 0 Å². The maximum Gasteiger partial charge on any atom is 0.305 e. The van der Waals surface area contributed by atoms with Crippen LogP contribution in [0.3, 0.4) is 0 Å². The predicted octanol–water partition coefficient (Wildman–Crippen LogP) is 5.69. The number of phenols is 15. The van der Waals surface area contributed by atoms with Crippen molar-refractivity contribution in [1.82, 2.24) is 0 Å². The minimum Gasteiger partial charge on any atom is -0.508 e. The maximum absolute atomic E-state index is 13.1. The molecule has 13 rings (SSSR count). The monoisotopic (exact) mass is 1150 g/mol. The summed E-state index contributed by atoms with van der Waals surface area (Å²) in [6, 6.07) is 18.2. The molecule has 5 aliphatic rings. The van der Waals surface area contributed by atoms with Crippen LogP contribution in [0.4, 0.5) is 0 Å². The molecule has 24 heteroatoms. The lowest BCUT2D eigenvalue weighted by molar-refractivity contribution is -0.219. The van der Waals surface area contributed by atoms with Crippen molar-refractivity contribution < 1.29 is 121 Å². The van der Waals surface area contributed by atoms with Gasteiger partial charge >= 0.3 is 5.79 Å². The van der Waals surface area contributed by atoms with E-state index in [1.165, 1.54) is 24.3 Å². The third-order valence-electron chi connectivity index (χ3n) is 16.4. The van der Waals surface area contributed by atoms with Crippen molar-refractivity contribution >= 4 is 0 Å². The van der Waals surface area contributed by atoms with Gasteiger partial charge in [0.25, 0.3) is 0 Å². The Balaban J connectivity index is 1.09. The number of phenolic OH excluding ortho intramolecular Hbond substituents is 15. The molecule has 0 aliphatic carbocycles. The molecule has 19 N–H and O–H groups in total. The van der Waals surface area contributed by atoms with Gasteiger partial charge in [-0.1, -0.05) is 18.2 Å². The summed E-state index contributed by atoms with van der Waals surface area (Å²) in [6.45, 7) is 0. The van der Waals surface area contributed by atoms with Crippen molar-refractivity contribution in [2.75, 3.05) is 0 Å². The van der Waals surface area contributed by atoms with Crippen molar-refractivity contribution in [3.05, 3.63) is 164 Å². The van der Waals surface area contributed by atoms with Crippen LogP contribution in [0.5, 0.6) is 115 Å². The normalized spacial score (nSPS) is 25.1. The molecule has 0 saturated carbocycles. The van der Waals surface area contributed by atoms with E-state index in [4.69, 9.17) is 23.7 Å². The molecular weight excluding hydrogens is 1100 g/mol. The zero-order valence-electron chi connectivity index (χ0n) is 42.8. The first-order chi connectivity index (χ1) is 40.0. The second-order valence-electron chi connectivity index (χ2n) is 21.2. The van der Waals surface area contributed by atoms with E-state index in [0.29, 0.717) is 0 Å². The summed E-state index contributed by atoms with van der Waals surface area (Å²) < 4.78 is 32.7. The number of rotatable bonds is 6. The van der Waals surface area contributed by atoms with Crippen molar-refractivity contribution in [2.24, 2.45) is 0 Å². The van der Waals surface area contributed by atoms with E-state index in [1.54, 1.807) is 0 Å². The van der Waals surface area contributed by atoms with Crippen LogP contribution < -0.4 is 23.7 Å². The molecule has 432 valence electrons. The fourth-order valence-corrected chi connectivity index (χ4v) is 12.6. The van der Waals surface area contributed by atoms with Crippen LogP contribution in [-0.2, 0) is 12.2 Å². The van der Waals surface area contributed by atoms with Gasteiger partial charge in [0, 0.05) is 81.3 Å². The Morgan fingerprint density at radius 2 is 0.738 bits per heavy atom. The van der Waals surface area contributed by atoms with Gasteiger partial charge in [-0.05, 0) is 71.3 Å². The number of aromatic hydroxyl groups is 15. The molecule has 24 nitrogen and oxygen atoms in total. The number of ether oxygens (including phenoxy) is 5. The van der Waals surface area contributed by atoms with Crippen molar-refractivity contribution in [2.45, 2.75) is 72.7 Å². The summed E-state index contributed by atoms with van der Waals surface area (Å²) in [6.07, 6.45) is -13.0. The highest BCUT2D eigenvalue weighted by Gasteiger charge is 2.61. The number of benzene rings is 8. The Morgan fingerprint density at radius 1 is 0.333 bits per heavy atom. The standard InChI is InChI=1S/C60H48O24/c61-23-13-34(71)42-40(14-23)83-60(22-4-8-28(65)33(70)12-22)59(79)50(42)47-41(84-60)18-38(75)46-49(52(78)55(82-58(46)47)21-3-7-27(64)32(69)11-21)45-37(74)17-36(73)44-48(51(77)54(81-57(44)45)20-2-6-26(63)31(68)10-20)43-35(72)16-29(66)24-15-39(76)53(80-56(24)43)19-1-5-25(62)30(67)9-19/h1-14,16-18,39,48-55,59,61-79H,15H2/t39-,48-,49-,50-,51+,52+,53-,54-,55+,59-,60+/m1/s1. The van der Waals surface area contributed by atoms with Gasteiger partial charge in [0.05, 0.1) is 23.9 Å². The van der Waals surface area contributed by atoms with Crippen LogP contribution in [0.15, 0.2) is 103 Å². The average molecular weight is 1150 g/mol. The second kappa shape index (κ2) is 18.6. The molecule has 2 bridgehead atoms. The minimum absolute atomic E-state index is 0.0872. The van der Waals surface area contributed by atoms with Crippen molar-refractivity contribution in [3.63, 3.8) is 0 Å². The van der Waals surface area contributed by atoms with E-state index in [0.717, 1.165) is 78.9 Å². The summed E-state index contributed by atoms with van der Waals surface area (Å²) in [4.78, 5) is 0. The average Bonchev–Trinajstić information content (AvgIpc) is 0.881. The molecule has 5 heterocycles. The molecule has 0 spiro atoms. The Hall–Kier alpha value is -10.4. The highest BCUT2D eigenvalue weighted by Crippen LogP contribution is 2.67. The number of hydrogen-bond donors (Lipinski definition) is 19. The third-order valence-corrected chi connectivity index (χ3v) is 16.4. The first kappa shape index (κ1) is 52.9. The molecule has 5 aliphatic heterocycles. The third kappa shape index (κ3) is 7.68. The van der Waals surface area contributed by atoms with E-state index in [1.807, 2.05) is 0 Å². The first-order valence-electron chi connectivity index (χ1n) is 25.8. The molecule has 0 unspecified atom stereocenters. The summed E-state index contributed by atoms with van der Waals surface area (Å²) in [5.41, 5.74) is -2.64. The van der Waals surface area contributed by atoms with Crippen molar-refractivity contribution in [3.8, 4) is 115 Å². The smallest absolute Gasteiger partial charge is 0.305 e. The van der Waals surface area contributed by atoms with Gasteiger partial charge in [0.1, 0.15) is 93.4 Å². The van der Waals surface area contributed by atoms with Crippen LogP contribution in [0, 0.1) is 0 Å². The second-order valence-corrected chi connectivity index (χ2v) is 21.2. The van der Waals surface area contributed by atoms with Gasteiger partial charge in [0.15, 0.2) is 58.2 Å². The zero-order valence-corrected chi connectivity index (χ0v) is 42.8. The summed E-state index contributed by atoms with van der Waals surface area (Å²) >= 11 is 0. The lowest BCUT2D eigenvalue weighted by atomic mass is 9.71. The van der Waals surface area contributed by atoms with Crippen molar-refractivity contribution in [1.29, 1.82) is 0 Å². The SMILES string of the molecule is Oc1cc(O)c2c(c1)O[C@@]1(c3ccc(O)c(O)c3)Oc3cc(O)c4c(c3[C@@H]2[C@H]1O)O[C@@H](c1ccc(O)c(O)c1)[C@@H](O)[C@@H]4c1c(O)cc(O)c2c1O[C@H](c1ccc(O)c(O)c1)[C@@H](O)[C@@H]2c1c(O)cc(O)c2c1O[C@H](c1ccc(O)c(O)c1)[C@H](O)C2. The van der Waals surface area contributed by atoms with Gasteiger partial charge < -0.3 is 121 Å². The molecule has 8 aromatic carbocycles. The first-order valence-corrected chi connectivity index (χ1v) is 25.8. The molecule has 8 aromatic rings. The summed E-state index contributed by atoms with van der Waals surface area (Å²) in [5, 5.41) is 218. The van der Waals surface area contributed by atoms with E-state index < -0.39 is 193 Å². The fraction of sp³-hybridized carbons (Fsp3) is 0.200. The summed E-state index contributed by atoms with van der Waals surface area (Å²) in [7, 11) is 0. The molecule has 0 amide bonds. The van der Waals surface area contributed by atoms with Crippen LogP contribution in [0.25, 0.3) is 0 Å². The number of hydrogen-bond acceptors (Lipinski definition) is 24. The lowest BCUT2D eigenvalue weighted by Crippen LogP contribution is -2.57. The predicted molar refractivity (Wildman–Crippen MR) is 283 cm³/mol.